The third kappa shape index (κ3) is 3.90. The highest BCUT2D eigenvalue weighted by atomic mass is 31.2. The third-order valence-electron chi connectivity index (χ3n) is 4.57. The quantitative estimate of drug-likeness (QED) is 0.518. The Kier molecular flexibility index (Phi) is 5.03. The maximum Gasteiger partial charge on any atom is 0.281 e. The van der Waals surface area contributed by atoms with Crippen LogP contribution in [0.3, 0.4) is 0 Å². The Bertz CT molecular complexity index is 1270. The van der Waals surface area contributed by atoms with Crippen molar-refractivity contribution in [2.75, 3.05) is 18.7 Å². The van der Waals surface area contributed by atoms with E-state index in [1.807, 2.05) is 6.07 Å². The number of hydrogen-bond acceptors (Lipinski definition) is 9. The van der Waals surface area contributed by atoms with Crippen molar-refractivity contribution in [3.63, 3.8) is 0 Å². The Labute approximate surface area is 176 Å². The summed E-state index contributed by atoms with van der Waals surface area (Å²) in [5.41, 5.74) is 6.86. The Balaban J connectivity index is 1.93. The smallest absolute Gasteiger partial charge is 0.281 e. The molecule has 0 saturated heterocycles. The molecule has 3 aromatic rings. The zero-order valence-electron chi connectivity index (χ0n) is 16.9. The van der Waals surface area contributed by atoms with Crippen molar-refractivity contribution >= 4 is 13.2 Å². The molecule has 12 heteroatoms. The fourth-order valence-electron chi connectivity index (χ4n) is 3.11. The molecule has 4 rings (SSSR count). The van der Waals surface area contributed by atoms with Crippen molar-refractivity contribution in [1.29, 1.82) is 5.26 Å². The minimum atomic E-state index is -3.38. The molecule has 1 unspecified atom stereocenters. The third-order valence-corrected chi connectivity index (χ3v) is 5.75. The van der Waals surface area contributed by atoms with E-state index in [1.165, 1.54) is 35.7 Å². The molecule has 160 valence electrons. The van der Waals surface area contributed by atoms with Gasteiger partial charge in [0.2, 0.25) is 5.88 Å². The number of nitriles is 1. The van der Waals surface area contributed by atoms with E-state index in [2.05, 4.69) is 15.1 Å². The van der Waals surface area contributed by atoms with Crippen molar-refractivity contribution in [2.45, 2.75) is 13.0 Å². The van der Waals surface area contributed by atoms with E-state index in [1.54, 1.807) is 14.0 Å². The van der Waals surface area contributed by atoms with Gasteiger partial charge in [0.1, 0.15) is 35.0 Å². The Morgan fingerprint density at radius 3 is 2.90 bits per heavy atom. The first-order chi connectivity index (χ1) is 14.7. The first-order valence-corrected chi connectivity index (χ1v) is 11.4. The average molecular weight is 444 g/mol. The standard InChI is InChI=1S/C19H18FN6O4P/c1-10-12-6-11(20)4-5-15(12)30-31(3,27)9-28-18-16(14(7-21)26(2)25-18)13-8-23-17(22)19(24-13)29-10/h4-6,8,10H,9H2,1-3H3,(H2,22,23)/t10-,31?/m1/s1. The summed E-state index contributed by atoms with van der Waals surface area (Å²) in [6.07, 6.45) is 0.235. The Morgan fingerprint density at radius 1 is 1.39 bits per heavy atom. The van der Waals surface area contributed by atoms with Gasteiger partial charge in [0.15, 0.2) is 17.9 Å². The number of halogens is 1. The zero-order valence-corrected chi connectivity index (χ0v) is 17.8. The molecule has 0 amide bonds. The van der Waals surface area contributed by atoms with Crippen LogP contribution in [-0.2, 0) is 11.6 Å². The molecule has 2 bridgehead atoms. The molecule has 1 aromatic carbocycles. The highest BCUT2D eigenvalue weighted by Crippen LogP contribution is 2.47. The Morgan fingerprint density at radius 2 is 2.16 bits per heavy atom. The number of nitrogens with zero attached hydrogens (tertiary/aromatic N) is 5. The van der Waals surface area contributed by atoms with E-state index >= 15 is 0 Å². The van der Waals surface area contributed by atoms with Gasteiger partial charge in [0, 0.05) is 19.3 Å². The number of anilines is 1. The predicted molar refractivity (Wildman–Crippen MR) is 108 cm³/mol. The number of aryl methyl sites for hydroxylation is 1. The zero-order chi connectivity index (χ0) is 22.3. The second-order valence-corrected chi connectivity index (χ2v) is 9.50. The Hall–Kier alpha value is -3.64. The van der Waals surface area contributed by atoms with E-state index in [-0.39, 0.29) is 46.6 Å². The molecule has 2 N–H and O–H groups in total. The summed E-state index contributed by atoms with van der Waals surface area (Å²) in [5.74, 6) is -0.355. The van der Waals surface area contributed by atoms with Crippen LogP contribution in [0.15, 0.2) is 24.4 Å². The van der Waals surface area contributed by atoms with Gasteiger partial charge >= 0.3 is 0 Å². The molecule has 2 aromatic heterocycles. The van der Waals surface area contributed by atoms with Gasteiger partial charge in [-0.3, -0.25) is 9.25 Å². The number of rotatable bonds is 0. The van der Waals surface area contributed by atoms with E-state index in [0.29, 0.717) is 5.56 Å². The minimum Gasteiger partial charge on any atom is -0.467 e. The minimum absolute atomic E-state index is 0.00428. The summed E-state index contributed by atoms with van der Waals surface area (Å²) in [6, 6.07) is 5.82. The molecule has 0 radical (unpaired) electrons. The molecular formula is C19H18FN6O4P. The number of nitrogen functional groups attached to an aromatic ring is 1. The summed E-state index contributed by atoms with van der Waals surface area (Å²) in [6.45, 7) is 3.03. The van der Waals surface area contributed by atoms with E-state index < -0.39 is 19.3 Å². The van der Waals surface area contributed by atoms with Crippen LogP contribution in [0.2, 0.25) is 0 Å². The van der Waals surface area contributed by atoms with Crippen LogP contribution >= 0.6 is 7.37 Å². The highest BCUT2D eigenvalue weighted by Gasteiger charge is 2.28. The lowest BCUT2D eigenvalue weighted by Gasteiger charge is -2.21. The predicted octanol–water partition coefficient (Wildman–Crippen LogP) is 3.25. The topological polar surface area (TPSA) is 138 Å². The molecule has 0 saturated carbocycles. The number of nitrogens with two attached hydrogens (primary N) is 1. The first kappa shape index (κ1) is 20.6. The van der Waals surface area contributed by atoms with Gasteiger partial charge in [-0.15, -0.1) is 5.10 Å². The summed E-state index contributed by atoms with van der Waals surface area (Å²) < 4.78 is 45.6. The number of aromatic nitrogens is 4. The van der Waals surface area contributed by atoms with Gasteiger partial charge in [-0.1, -0.05) is 0 Å². The summed E-state index contributed by atoms with van der Waals surface area (Å²) in [5, 5.41) is 13.8. The molecule has 10 nitrogen and oxygen atoms in total. The van der Waals surface area contributed by atoms with Crippen molar-refractivity contribution in [3.8, 4) is 34.8 Å². The second-order valence-electron chi connectivity index (χ2n) is 7.03. The lowest BCUT2D eigenvalue weighted by Crippen LogP contribution is -2.10. The van der Waals surface area contributed by atoms with Gasteiger partial charge in [0.25, 0.3) is 13.2 Å². The number of ether oxygens (including phenoxy) is 2. The average Bonchev–Trinajstić information content (AvgIpc) is 3.04. The fraction of sp³-hybridized carbons (Fsp3) is 0.263. The van der Waals surface area contributed by atoms with Crippen molar-refractivity contribution in [2.24, 2.45) is 7.05 Å². The molecule has 1 aliphatic rings. The molecular weight excluding hydrogens is 426 g/mol. The number of hydrogen-bond donors (Lipinski definition) is 1. The van der Waals surface area contributed by atoms with Crippen LogP contribution in [0.5, 0.6) is 17.5 Å². The van der Waals surface area contributed by atoms with Crippen molar-refractivity contribution in [1.82, 2.24) is 19.7 Å². The van der Waals surface area contributed by atoms with Crippen LogP contribution in [0.1, 0.15) is 24.3 Å². The van der Waals surface area contributed by atoms with Gasteiger partial charge in [-0.2, -0.15) is 5.26 Å². The molecule has 0 fully saturated rings. The molecule has 1 aliphatic heterocycles. The fourth-order valence-corrected chi connectivity index (χ4v) is 4.10. The summed E-state index contributed by atoms with van der Waals surface area (Å²) in [7, 11) is -1.81. The van der Waals surface area contributed by atoms with Crippen LogP contribution in [0.4, 0.5) is 10.2 Å². The van der Waals surface area contributed by atoms with Crippen LogP contribution < -0.4 is 19.7 Å². The van der Waals surface area contributed by atoms with Gasteiger partial charge in [-0.25, -0.2) is 14.4 Å². The number of benzene rings is 1. The molecule has 0 aliphatic carbocycles. The maximum absolute atomic E-state index is 13.9. The van der Waals surface area contributed by atoms with Crippen molar-refractivity contribution < 1.29 is 23.0 Å². The van der Waals surface area contributed by atoms with Gasteiger partial charge in [-0.05, 0) is 25.1 Å². The number of fused-ring (bicyclic) bond motifs is 5. The molecule has 31 heavy (non-hydrogen) atoms. The van der Waals surface area contributed by atoms with Crippen LogP contribution in [0, 0.1) is 17.1 Å². The summed E-state index contributed by atoms with van der Waals surface area (Å²) >= 11 is 0. The van der Waals surface area contributed by atoms with Crippen LogP contribution in [0.25, 0.3) is 11.3 Å². The van der Waals surface area contributed by atoms with Gasteiger partial charge < -0.3 is 19.7 Å². The molecule has 2 atom stereocenters. The maximum atomic E-state index is 13.9. The highest BCUT2D eigenvalue weighted by molar-refractivity contribution is 7.58. The van der Waals surface area contributed by atoms with Crippen molar-refractivity contribution in [3.05, 3.63) is 41.5 Å². The lowest BCUT2D eigenvalue weighted by molar-refractivity contribution is 0.215. The first-order valence-electron chi connectivity index (χ1n) is 9.13. The van der Waals surface area contributed by atoms with E-state index in [9.17, 15) is 14.2 Å². The van der Waals surface area contributed by atoms with Crippen LogP contribution in [-0.4, -0.2) is 32.8 Å². The normalized spacial score (nSPS) is 20.3. The largest absolute Gasteiger partial charge is 0.467 e. The lowest BCUT2D eigenvalue weighted by atomic mass is 10.1. The summed E-state index contributed by atoms with van der Waals surface area (Å²) in [4.78, 5) is 8.48. The second kappa shape index (κ2) is 7.56. The van der Waals surface area contributed by atoms with Gasteiger partial charge in [0.05, 0.1) is 6.20 Å². The van der Waals surface area contributed by atoms with E-state index in [4.69, 9.17) is 19.7 Å². The van der Waals surface area contributed by atoms with E-state index in [0.717, 1.165) is 0 Å². The molecule has 0 spiro atoms. The molecule has 3 heterocycles. The SMILES string of the molecule is C[C@H]1Oc2nc(cnc2N)-c2c(nn(C)c2C#N)OCP(C)(=O)Oc2ccc(F)cc21. The monoisotopic (exact) mass is 444 g/mol.